The van der Waals surface area contributed by atoms with Crippen molar-refractivity contribution >= 4 is 5.91 Å². The fourth-order valence-electron chi connectivity index (χ4n) is 4.01. The molecule has 1 aromatic heterocycles. The van der Waals surface area contributed by atoms with Crippen LogP contribution in [-0.4, -0.2) is 71.2 Å². The third kappa shape index (κ3) is 4.28. The van der Waals surface area contributed by atoms with Gasteiger partial charge in [0.15, 0.2) is 0 Å². The molecule has 0 spiro atoms. The number of nitrogens with zero attached hydrogens (tertiary/aromatic N) is 3. The van der Waals surface area contributed by atoms with Crippen molar-refractivity contribution < 1.29 is 14.6 Å². The minimum Gasteiger partial charge on any atom is -0.506 e. The van der Waals surface area contributed by atoms with Crippen molar-refractivity contribution in [2.45, 2.75) is 12.5 Å². The summed E-state index contributed by atoms with van der Waals surface area (Å²) in [5.41, 5.74) is 1.77. The molecule has 2 aromatic rings. The van der Waals surface area contributed by atoms with E-state index < -0.39 is 0 Å². The SMILES string of the molecule is O=C(c1cncc(O)c1)N1C[C@@H]2COC[C@H](C1)N(CCc1ccccc1)C2. The van der Waals surface area contributed by atoms with Gasteiger partial charge in [-0.2, -0.15) is 0 Å². The number of carbonyl (C=O) groups is 1. The van der Waals surface area contributed by atoms with Gasteiger partial charge in [-0.3, -0.25) is 14.7 Å². The first-order chi connectivity index (χ1) is 13.2. The Morgan fingerprint density at radius 3 is 2.81 bits per heavy atom. The third-order valence-corrected chi connectivity index (χ3v) is 5.37. The van der Waals surface area contributed by atoms with E-state index in [1.807, 2.05) is 11.0 Å². The van der Waals surface area contributed by atoms with Crippen molar-refractivity contribution in [3.8, 4) is 5.75 Å². The lowest BCUT2D eigenvalue weighted by Crippen LogP contribution is -2.46. The zero-order chi connectivity index (χ0) is 18.6. The maximum Gasteiger partial charge on any atom is 0.255 e. The number of hydrogen-bond acceptors (Lipinski definition) is 5. The van der Waals surface area contributed by atoms with Crippen LogP contribution >= 0.6 is 0 Å². The van der Waals surface area contributed by atoms with Gasteiger partial charge in [-0.25, -0.2) is 0 Å². The number of pyridine rings is 1. The summed E-state index contributed by atoms with van der Waals surface area (Å²) in [6.45, 7) is 4.55. The lowest BCUT2D eigenvalue weighted by atomic mass is 10.1. The van der Waals surface area contributed by atoms with Crippen LogP contribution in [0.25, 0.3) is 0 Å². The van der Waals surface area contributed by atoms with Gasteiger partial charge in [0.2, 0.25) is 0 Å². The molecule has 2 aliphatic rings. The summed E-state index contributed by atoms with van der Waals surface area (Å²) < 4.78 is 5.86. The van der Waals surface area contributed by atoms with E-state index in [0.717, 1.165) is 19.5 Å². The second-order valence-electron chi connectivity index (χ2n) is 7.43. The Hall–Kier alpha value is -2.44. The standard InChI is InChI=1S/C21H25N3O3/c25-20-8-18(9-22-10-20)21(26)24-12-17-11-23(19(13-24)15-27-14-17)7-6-16-4-2-1-3-5-16/h1-5,8-10,17,19,25H,6-7,11-15H2/t17-,19+/m1/s1. The van der Waals surface area contributed by atoms with Crippen molar-refractivity contribution in [2.24, 2.45) is 5.92 Å². The van der Waals surface area contributed by atoms with Crippen LogP contribution in [0.1, 0.15) is 15.9 Å². The minimum atomic E-state index is -0.0693. The maximum absolute atomic E-state index is 12.9. The molecule has 6 heteroatoms. The van der Waals surface area contributed by atoms with Crippen LogP contribution in [0, 0.1) is 5.92 Å². The van der Waals surface area contributed by atoms with Gasteiger partial charge >= 0.3 is 0 Å². The average Bonchev–Trinajstić information content (AvgIpc) is 2.97. The molecule has 0 aliphatic carbocycles. The zero-order valence-corrected chi connectivity index (χ0v) is 15.3. The van der Waals surface area contributed by atoms with Crippen molar-refractivity contribution in [3.05, 3.63) is 59.9 Å². The Bertz CT molecular complexity index is 783. The van der Waals surface area contributed by atoms with E-state index in [1.165, 1.54) is 24.0 Å². The molecule has 2 aliphatic heterocycles. The molecule has 6 nitrogen and oxygen atoms in total. The fourth-order valence-corrected chi connectivity index (χ4v) is 4.01. The zero-order valence-electron chi connectivity index (χ0n) is 15.3. The topological polar surface area (TPSA) is 65.9 Å². The Balaban J connectivity index is 1.47. The smallest absolute Gasteiger partial charge is 0.255 e. The van der Waals surface area contributed by atoms with Crippen LogP contribution in [0.4, 0.5) is 0 Å². The first-order valence-electron chi connectivity index (χ1n) is 9.48. The lowest BCUT2D eigenvalue weighted by Gasteiger charge is -2.31. The van der Waals surface area contributed by atoms with E-state index in [9.17, 15) is 9.90 Å². The van der Waals surface area contributed by atoms with Crippen molar-refractivity contribution in [1.82, 2.24) is 14.8 Å². The molecule has 0 saturated carbocycles. The Morgan fingerprint density at radius 1 is 1.15 bits per heavy atom. The summed E-state index contributed by atoms with van der Waals surface area (Å²) >= 11 is 0. The number of amides is 1. The quantitative estimate of drug-likeness (QED) is 0.893. The molecule has 2 atom stereocenters. The van der Waals surface area contributed by atoms with Crippen LogP contribution in [0.15, 0.2) is 48.8 Å². The highest BCUT2D eigenvalue weighted by Crippen LogP contribution is 2.22. The number of aromatic nitrogens is 1. The summed E-state index contributed by atoms with van der Waals surface area (Å²) in [6, 6.07) is 12.2. The van der Waals surface area contributed by atoms with Crippen LogP contribution in [-0.2, 0) is 11.2 Å². The highest BCUT2D eigenvalue weighted by Gasteiger charge is 2.35. The van der Waals surface area contributed by atoms with Gasteiger partial charge in [0.25, 0.3) is 5.91 Å². The number of carbonyl (C=O) groups excluding carboxylic acids is 1. The van der Waals surface area contributed by atoms with E-state index in [0.29, 0.717) is 37.8 Å². The van der Waals surface area contributed by atoms with Crippen LogP contribution in [0.2, 0.25) is 0 Å². The van der Waals surface area contributed by atoms with Crippen LogP contribution < -0.4 is 0 Å². The van der Waals surface area contributed by atoms with Crippen LogP contribution in [0.5, 0.6) is 5.75 Å². The molecule has 27 heavy (non-hydrogen) atoms. The van der Waals surface area contributed by atoms with Gasteiger partial charge in [-0.05, 0) is 18.1 Å². The molecule has 2 bridgehead atoms. The molecule has 0 radical (unpaired) electrons. The van der Waals surface area contributed by atoms with Crippen molar-refractivity contribution in [2.75, 3.05) is 39.4 Å². The van der Waals surface area contributed by atoms with Gasteiger partial charge < -0.3 is 14.7 Å². The summed E-state index contributed by atoms with van der Waals surface area (Å²) in [5.74, 6) is 0.242. The molecule has 142 valence electrons. The molecule has 1 amide bonds. The second-order valence-corrected chi connectivity index (χ2v) is 7.43. The normalized spacial score (nSPS) is 23.0. The predicted molar refractivity (Wildman–Crippen MR) is 102 cm³/mol. The van der Waals surface area contributed by atoms with E-state index in [2.05, 4.69) is 34.1 Å². The minimum absolute atomic E-state index is 0.0173. The van der Waals surface area contributed by atoms with Gasteiger partial charge in [0.1, 0.15) is 5.75 Å². The predicted octanol–water partition coefficient (Wildman–Crippen LogP) is 1.80. The number of aromatic hydroxyl groups is 1. The third-order valence-electron chi connectivity index (χ3n) is 5.37. The Labute approximate surface area is 159 Å². The first kappa shape index (κ1) is 17.9. The molecular weight excluding hydrogens is 342 g/mol. The molecule has 3 heterocycles. The molecule has 2 saturated heterocycles. The first-order valence-corrected chi connectivity index (χ1v) is 9.48. The fraction of sp³-hybridized carbons (Fsp3) is 0.429. The largest absolute Gasteiger partial charge is 0.506 e. The molecule has 2 fully saturated rings. The maximum atomic E-state index is 12.9. The molecule has 1 aromatic carbocycles. The van der Waals surface area contributed by atoms with Crippen LogP contribution in [0.3, 0.4) is 0 Å². The van der Waals surface area contributed by atoms with Gasteiger partial charge in [0, 0.05) is 38.3 Å². The van der Waals surface area contributed by atoms with Gasteiger partial charge in [0.05, 0.1) is 31.0 Å². The number of ether oxygens (including phenoxy) is 1. The summed E-state index contributed by atoms with van der Waals surface area (Å²) in [4.78, 5) is 21.2. The average molecular weight is 367 g/mol. The highest BCUT2D eigenvalue weighted by atomic mass is 16.5. The molecule has 0 unspecified atom stereocenters. The number of fused-ring (bicyclic) bond motifs is 3. The highest BCUT2D eigenvalue weighted by molar-refractivity contribution is 5.94. The van der Waals surface area contributed by atoms with E-state index >= 15 is 0 Å². The monoisotopic (exact) mass is 367 g/mol. The van der Waals surface area contributed by atoms with Crippen molar-refractivity contribution in [3.63, 3.8) is 0 Å². The number of hydrogen-bond donors (Lipinski definition) is 1. The summed E-state index contributed by atoms with van der Waals surface area (Å²) in [6.07, 6.45) is 3.86. The number of rotatable bonds is 4. The molecular formula is C21H25N3O3. The van der Waals surface area contributed by atoms with E-state index in [4.69, 9.17) is 4.74 Å². The van der Waals surface area contributed by atoms with E-state index in [1.54, 1.807) is 0 Å². The van der Waals surface area contributed by atoms with Gasteiger partial charge in [-0.15, -0.1) is 0 Å². The van der Waals surface area contributed by atoms with Gasteiger partial charge in [-0.1, -0.05) is 30.3 Å². The summed E-state index contributed by atoms with van der Waals surface area (Å²) in [5, 5.41) is 9.64. The Morgan fingerprint density at radius 2 is 2.00 bits per heavy atom. The molecule has 1 N–H and O–H groups in total. The Kier molecular flexibility index (Phi) is 5.36. The van der Waals surface area contributed by atoms with E-state index in [-0.39, 0.29) is 17.7 Å². The molecule has 4 rings (SSSR count). The lowest BCUT2D eigenvalue weighted by molar-refractivity contribution is 0.0413. The second kappa shape index (κ2) is 8.06. The number of benzene rings is 1. The van der Waals surface area contributed by atoms with Crippen molar-refractivity contribution in [1.29, 1.82) is 0 Å². The summed E-state index contributed by atoms with van der Waals surface area (Å²) in [7, 11) is 0.